The Hall–Kier alpha value is -0.220. The zero-order valence-electron chi connectivity index (χ0n) is 22.5. The van der Waals surface area contributed by atoms with Gasteiger partial charge in [0.05, 0.1) is 5.75 Å². The molecule has 186 valence electrons. The predicted molar refractivity (Wildman–Crippen MR) is 140 cm³/mol. The number of nitrogens with zero attached hydrogens (tertiary/aromatic N) is 1. The SMILES string of the molecule is CCC[C@@H](C)C[C@@H](OC(=O)CSCCN(CC)CC)[C@](C)(CCC)CC(C)C(C)CC. The first kappa shape index (κ1) is 30.8. The van der Waals surface area contributed by atoms with E-state index < -0.39 is 0 Å². The molecule has 0 amide bonds. The predicted octanol–water partition coefficient (Wildman–Crippen LogP) is 7.68. The first-order valence-electron chi connectivity index (χ1n) is 13.2. The molecular formula is C27H55NO2S. The van der Waals surface area contributed by atoms with Gasteiger partial charge in [0.2, 0.25) is 0 Å². The number of hydrogen-bond donors (Lipinski definition) is 0. The molecule has 0 aromatic rings. The van der Waals surface area contributed by atoms with Gasteiger partial charge in [-0.15, -0.1) is 11.8 Å². The van der Waals surface area contributed by atoms with Gasteiger partial charge in [0.15, 0.2) is 0 Å². The van der Waals surface area contributed by atoms with Crippen molar-refractivity contribution in [1.29, 1.82) is 0 Å². The zero-order valence-corrected chi connectivity index (χ0v) is 23.3. The smallest absolute Gasteiger partial charge is 0.316 e. The summed E-state index contributed by atoms with van der Waals surface area (Å²) in [6.07, 6.45) is 8.03. The fourth-order valence-electron chi connectivity index (χ4n) is 4.84. The summed E-state index contributed by atoms with van der Waals surface area (Å²) < 4.78 is 6.29. The molecule has 0 saturated heterocycles. The summed E-state index contributed by atoms with van der Waals surface area (Å²) in [5, 5.41) is 0. The summed E-state index contributed by atoms with van der Waals surface area (Å²) in [4.78, 5) is 15.3. The molecule has 5 atom stereocenters. The van der Waals surface area contributed by atoms with E-state index in [2.05, 4.69) is 67.2 Å². The summed E-state index contributed by atoms with van der Waals surface area (Å²) in [6, 6.07) is 0. The van der Waals surface area contributed by atoms with E-state index in [0.29, 0.717) is 23.5 Å². The van der Waals surface area contributed by atoms with Gasteiger partial charge in [0.25, 0.3) is 0 Å². The molecule has 0 radical (unpaired) electrons. The molecular weight excluding hydrogens is 402 g/mol. The second kappa shape index (κ2) is 17.3. The Bertz CT molecular complexity index is 455. The van der Waals surface area contributed by atoms with Crippen LogP contribution in [0.3, 0.4) is 0 Å². The van der Waals surface area contributed by atoms with Gasteiger partial charge in [-0.25, -0.2) is 0 Å². The number of ether oxygens (including phenoxy) is 1. The third-order valence-corrected chi connectivity index (χ3v) is 8.25. The molecule has 31 heavy (non-hydrogen) atoms. The Morgan fingerprint density at radius 3 is 2.16 bits per heavy atom. The average Bonchev–Trinajstić information content (AvgIpc) is 2.73. The molecule has 2 unspecified atom stereocenters. The van der Waals surface area contributed by atoms with Gasteiger partial charge in [0, 0.05) is 17.7 Å². The monoisotopic (exact) mass is 457 g/mol. The largest absolute Gasteiger partial charge is 0.461 e. The Kier molecular flexibility index (Phi) is 17.2. The van der Waals surface area contributed by atoms with Crippen LogP contribution in [0.15, 0.2) is 0 Å². The van der Waals surface area contributed by atoms with E-state index in [4.69, 9.17) is 4.74 Å². The van der Waals surface area contributed by atoms with Crippen LogP contribution in [0.1, 0.15) is 107 Å². The number of rotatable bonds is 19. The fourth-order valence-corrected chi connectivity index (χ4v) is 5.60. The molecule has 0 bridgehead atoms. The van der Waals surface area contributed by atoms with Crippen molar-refractivity contribution in [2.75, 3.05) is 31.1 Å². The van der Waals surface area contributed by atoms with Crippen LogP contribution in [-0.4, -0.2) is 48.1 Å². The van der Waals surface area contributed by atoms with E-state index in [1.54, 1.807) is 11.8 Å². The van der Waals surface area contributed by atoms with E-state index in [-0.39, 0.29) is 17.5 Å². The molecule has 4 heteroatoms. The van der Waals surface area contributed by atoms with Gasteiger partial charge in [-0.2, -0.15) is 0 Å². The van der Waals surface area contributed by atoms with Crippen LogP contribution in [-0.2, 0) is 9.53 Å². The molecule has 0 aliphatic rings. The number of hydrogen-bond acceptors (Lipinski definition) is 4. The van der Waals surface area contributed by atoms with Gasteiger partial charge in [-0.3, -0.25) is 4.79 Å². The molecule has 3 nitrogen and oxygen atoms in total. The van der Waals surface area contributed by atoms with Gasteiger partial charge in [-0.05, 0) is 50.1 Å². The van der Waals surface area contributed by atoms with Crippen molar-refractivity contribution in [2.45, 2.75) is 113 Å². The van der Waals surface area contributed by atoms with Crippen molar-refractivity contribution in [3.05, 3.63) is 0 Å². The second-order valence-corrected chi connectivity index (χ2v) is 11.3. The lowest BCUT2D eigenvalue weighted by Gasteiger charge is -2.41. The van der Waals surface area contributed by atoms with Gasteiger partial charge in [0.1, 0.15) is 6.10 Å². The van der Waals surface area contributed by atoms with Gasteiger partial charge >= 0.3 is 5.97 Å². The van der Waals surface area contributed by atoms with Crippen LogP contribution < -0.4 is 0 Å². The third-order valence-electron chi connectivity index (χ3n) is 7.34. The van der Waals surface area contributed by atoms with E-state index >= 15 is 0 Å². The maximum atomic E-state index is 12.8. The first-order valence-corrected chi connectivity index (χ1v) is 14.3. The molecule has 0 spiro atoms. The molecule has 0 aromatic heterocycles. The van der Waals surface area contributed by atoms with Crippen LogP contribution in [0.25, 0.3) is 0 Å². The molecule has 0 heterocycles. The maximum absolute atomic E-state index is 12.8. The highest BCUT2D eigenvalue weighted by Gasteiger charge is 2.38. The molecule has 0 saturated carbocycles. The highest BCUT2D eigenvalue weighted by atomic mass is 32.2. The second-order valence-electron chi connectivity index (χ2n) is 10.2. The summed E-state index contributed by atoms with van der Waals surface area (Å²) in [7, 11) is 0. The summed E-state index contributed by atoms with van der Waals surface area (Å²) >= 11 is 1.72. The summed E-state index contributed by atoms with van der Waals surface area (Å²) in [5.74, 6) is 3.39. The number of esters is 1. The number of carbonyl (C=O) groups is 1. The highest BCUT2D eigenvalue weighted by molar-refractivity contribution is 7.99. The summed E-state index contributed by atoms with van der Waals surface area (Å²) in [6.45, 7) is 23.8. The fraction of sp³-hybridized carbons (Fsp3) is 0.963. The Morgan fingerprint density at radius 1 is 1.00 bits per heavy atom. The van der Waals surface area contributed by atoms with Crippen molar-refractivity contribution in [1.82, 2.24) is 4.90 Å². The van der Waals surface area contributed by atoms with Crippen molar-refractivity contribution in [2.24, 2.45) is 23.2 Å². The lowest BCUT2D eigenvalue weighted by atomic mass is 9.69. The number of carbonyl (C=O) groups excluding carboxylic acids is 1. The average molecular weight is 458 g/mol. The minimum atomic E-state index is -0.0169. The Balaban J connectivity index is 5.20. The molecule has 0 aromatic carbocycles. The summed E-state index contributed by atoms with van der Waals surface area (Å²) in [5.41, 5.74) is 0.0567. The molecule has 0 aliphatic carbocycles. The molecule has 0 fully saturated rings. The molecule has 0 N–H and O–H groups in total. The quantitative estimate of drug-likeness (QED) is 0.147. The normalized spacial score (nSPS) is 17.7. The van der Waals surface area contributed by atoms with Gasteiger partial charge in [-0.1, -0.05) is 88.0 Å². The zero-order chi connectivity index (χ0) is 23.9. The standard InChI is InChI=1S/C27H55NO2S/c1-10-15-22(6)19-25(27(9,16-11-2)20-24(8)23(7)12-3)30-26(29)21-31-18-17-28(13-4)14-5/h22-25H,10-21H2,1-9H3/t22-,23?,24?,25-,27-/m1/s1. The van der Waals surface area contributed by atoms with E-state index in [9.17, 15) is 4.79 Å². The van der Waals surface area contributed by atoms with E-state index in [1.807, 2.05) is 0 Å². The van der Waals surface area contributed by atoms with Crippen molar-refractivity contribution >= 4 is 17.7 Å². The number of thioether (sulfide) groups is 1. The van der Waals surface area contributed by atoms with E-state index in [0.717, 1.165) is 51.1 Å². The van der Waals surface area contributed by atoms with Gasteiger partial charge < -0.3 is 9.64 Å². The van der Waals surface area contributed by atoms with Crippen LogP contribution in [0.5, 0.6) is 0 Å². The van der Waals surface area contributed by atoms with E-state index in [1.165, 1.54) is 19.3 Å². The maximum Gasteiger partial charge on any atom is 0.316 e. The minimum Gasteiger partial charge on any atom is -0.461 e. The minimum absolute atomic E-state index is 0.0169. The van der Waals surface area contributed by atoms with Crippen LogP contribution in [0.4, 0.5) is 0 Å². The van der Waals surface area contributed by atoms with Crippen LogP contribution >= 0.6 is 11.8 Å². The Labute approximate surface area is 199 Å². The topological polar surface area (TPSA) is 29.5 Å². The van der Waals surface area contributed by atoms with Crippen LogP contribution in [0, 0.1) is 23.2 Å². The molecule has 0 rings (SSSR count). The first-order chi connectivity index (χ1) is 14.7. The van der Waals surface area contributed by atoms with Crippen LogP contribution in [0.2, 0.25) is 0 Å². The highest BCUT2D eigenvalue weighted by Crippen LogP contribution is 2.42. The van der Waals surface area contributed by atoms with Crippen molar-refractivity contribution < 1.29 is 9.53 Å². The lowest BCUT2D eigenvalue weighted by Crippen LogP contribution is -2.40. The Morgan fingerprint density at radius 2 is 1.65 bits per heavy atom. The lowest BCUT2D eigenvalue weighted by molar-refractivity contribution is -0.155. The molecule has 0 aliphatic heterocycles. The van der Waals surface area contributed by atoms with Crippen molar-refractivity contribution in [3.8, 4) is 0 Å². The van der Waals surface area contributed by atoms with Crippen molar-refractivity contribution in [3.63, 3.8) is 0 Å². The third kappa shape index (κ3) is 12.6.